The van der Waals surface area contributed by atoms with Crippen LogP contribution in [0, 0.1) is 5.82 Å². The summed E-state index contributed by atoms with van der Waals surface area (Å²) < 4.78 is 20.4. The quantitative estimate of drug-likeness (QED) is 0.705. The highest BCUT2D eigenvalue weighted by Gasteiger charge is 2.28. The fraction of sp³-hybridized carbons (Fsp3) is 0.450. The molecule has 2 N–H and O–H groups in total. The molecule has 1 aromatic heterocycles. The van der Waals surface area contributed by atoms with Crippen molar-refractivity contribution >= 4 is 11.9 Å². The summed E-state index contributed by atoms with van der Waals surface area (Å²) in [5, 5.41) is 19.4. The van der Waals surface area contributed by atoms with Crippen LogP contribution < -0.4 is 0 Å². The van der Waals surface area contributed by atoms with Gasteiger partial charge in [-0.3, -0.25) is 4.79 Å². The average Bonchev–Trinajstić information content (AvgIpc) is 2.99. The Balaban J connectivity index is 1.95. The van der Waals surface area contributed by atoms with Crippen molar-refractivity contribution in [2.75, 3.05) is 0 Å². The summed E-state index contributed by atoms with van der Waals surface area (Å²) in [6.45, 7) is 2.31. The number of imidazole rings is 1. The van der Waals surface area contributed by atoms with Crippen molar-refractivity contribution in [3.8, 4) is 11.4 Å². The van der Waals surface area contributed by atoms with Gasteiger partial charge < -0.3 is 19.5 Å². The lowest BCUT2D eigenvalue weighted by molar-refractivity contribution is -0.160. The highest BCUT2D eigenvalue weighted by molar-refractivity contribution is 5.88. The summed E-state index contributed by atoms with van der Waals surface area (Å²) >= 11 is 0. The van der Waals surface area contributed by atoms with Crippen LogP contribution >= 0.6 is 0 Å². The summed E-state index contributed by atoms with van der Waals surface area (Å²) in [6, 6.07) is 5.71. The molecule has 3 rings (SSSR count). The number of ether oxygens (including phenoxy) is 1. The van der Waals surface area contributed by atoms with Crippen molar-refractivity contribution < 1.29 is 28.9 Å². The molecule has 0 aliphatic carbocycles. The number of carboxylic acid groups (broad SMARTS) is 1. The molecule has 0 unspecified atom stereocenters. The van der Waals surface area contributed by atoms with Crippen molar-refractivity contribution in [3.05, 3.63) is 41.5 Å². The lowest BCUT2D eigenvalue weighted by Crippen LogP contribution is -2.33. The van der Waals surface area contributed by atoms with Crippen molar-refractivity contribution in [2.24, 2.45) is 0 Å². The van der Waals surface area contributed by atoms with Crippen LogP contribution in [-0.2, 0) is 22.5 Å². The molecule has 1 saturated heterocycles. The third kappa shape index (κ3) is 4.39. The second-order valence-corrected chi connectivity index (χ2v) is 6.94. The molecule has 0 spiro atoms. The molecule has 0 amide bonds. The number of rotatable bonds is 7. The molecule has 2 aromatic rings. The van der Waals surface area contributed by atoms with Crippen LogP contribution in [0.4, 0.5) is 4.39 Å². The molecular formula is C20H23FN2O5. The van der Waals surface area contributed by atoms with E-state index in [1.54, 1.807) is 16.7 Å². The molecule has 0 radical (unpaired) electrons. The number of carbonyl (C=O) groups excluding carboxylic acids is 1. The zero-order valence-electron chi connectivity index (χ0n) is 15.6. The maximum absolute atomic E-state index is 13.3. The van der Waals surface area contributed by atoms with Gasteiger partial charge in [-0.1, -0.05) is 13.3 Å². The van der Waals surface area contributed by atoms with E-state index in [4.69, 9.17) is 4.74 Å². The fourth-order valence-electron chi connectivity index (χ4n) is 3.52. The van der Waals surface area contributed by atoms with Gasteiger partial charge in [0.1, 0.15) is 17.7 Å². The largest absolute Gasteiger partial charge is 0.476 e. The topological polar surface area (TPSA) is 102 Å². The van der Waals surface area contributed by atoms with Gasteiger partial charge in [0.2, 0.25) is 0 Å². The summed E-state index contributed by atoms with van der Waals surface area (Å²) in [5.74, 6) is -1.51. The van der Waals surface area contributed by atoms with E-state index in [-0.39, 0.29) is 12.1 Å². The minimum atomic E-state index is -1.12. The lowest BCUT2D eigenvalue weighted by Gasteiger charge is -2.26. The maximum atomic E-state index is 13.3. The Morgan fingerprint density at radius 2 is 2.07 bits per heavy atom. The lowest BCUT2D eigenvalue weighted by atomic mass is 10.0. The number of esters is 1. The van der Waals surface area contributed by atoms with E-state index < -0.39 is 30.0 Å². The molecule has 1 aliphatic rings. The Morgan fingerprint density at radius 3 is 2.68 bits per heavy atom. The first-order valence-corrected chi connectivity index (χ1v) is 9.35. The Morgan fingerprint density at radius 1 is 1.36 bits per heavy atom. The van der Waals surface area contributed by atoms with Gasteiger partial charge in [-0.05, 0) is 30.7 Å². The molecular weight excluding hydrogens is 367 g/mol. The average molecular weight is 390 g/mol. The number of benzene rings is 1. The van der Waals surface area contributed by atoms with E-state index in [0.717, 1.165) is 6.42 Å². The van der Waals surface area contributed by atoms with Gasteiger partial charge in [0.15, 0.2) is 5.69 Å². The molecule has 28 heavy (non-hydrogen) atoms. The van der Waals surface area contributed by atoms with Gasteiger partial charge in [0.05, 0.1) is 18.2 Å². The zero-order valence-corrected chi connectivity index (χ0v) is 15.6. The number of aromatic nitrogens is 2. The zero-order chi connectivity index (χ0) is 20.3. The number of carboxylic acids is 1. The summed E-state index contributed by atoms with van der Waals surface area (Å²) in [6.07, 6.45) is 0.837. The number of hydrogen-bond acceptors (Lipinski definition) is 5. The molecule has 2 heterocycles. The number of hydrogen-bond donors (Lipinski definition) is 2. The second kappa shape index (κ2) is 8.52. The Bertz CT molecular complexity index is 862. The Kier molecular flexibility index (Phi) is 6.08. The van der Waals surface area contributed by atoms with Gasteiger partial charge in [0.25, 0.3) is 0 Å². The molecule has 150 valence electrons. The van der Waals surface area contributed by atoms with Crippen LogP contribution in [0.3, 0.4) is 0 Å². The fourth-order valence-corrected chi connectivity index (χ4v) is 3.52. The Hall–Kier alpha value is -2.74. The van der Waals surface area contributed by atoms with Crippen LogP contribution in [0.15, 0.2) is 24.3 Å². The number of carbonyl (C=O) groups is 2. The van der Waals surface area contributed by atoms with E-state index in [2.05, 4.69) is 4.98 Å². The van der Waals surface area contributed by atoms with E-state index in [1.165, 1.54) is 12.1 Å². The molecule has 1 aromatic carbocycles. The molecule has 1 fully saturated rings. The van der Waals surface area contributed by atoms with Crippen molar-refractivity contribution in [1.29, 1.82) is 0 Å². The summed E-state index contributed by atoms with van der Waals surface area (Å²) in [7, 11) is 0. The monoisotopic (exact) mass is 390 g/mol. The SMILES string of the molecule is CCCc1c(C(=O)O)nc(-c2ccc(F)cc2)n1CC[C@@H]1C[C@@H](O)CC(=O)O1. The van der Waals surface area contributed by atoms with Gasteiger partial charge in [0, 0.05) is 24.9 Å². The van der Waals surface area contributed by atoms with E-state index in [9.17, 15) is 24.2 Å². The van der Waals surface area contributed by atoms with Crippen molar-refractivity contribution in [3.63, 3.8) is 0 Å². The number of aliphatic hydroxyl groups excluding tert-OH is 1. The van der Waals surface area contributed by atoms with Crippen molar-refractivity contribution in [1.82, 2.24) is 9.55 Å². The first-order chi connectivity index (χ1) is 13.4. The molecule has 7 nitrogen and oxygen atoms in total. The second-order valence-electron chi connectivity index (χ2n) is 6.94. The van der Waals surface area contributed by atoms with E-state index >= 15 is 0 Å². The molecule has 1 aliphatic heterocycles. The Labute approximate surface area is 161 Å². The number of nitrogens with zero attached hydrogens (tertiary/aromatic N) is 2. The van der Waals surface area contributed by atoms with Crippen molar-refractivity contribution in [2.45, 2.75) is 57.8 Å². The van der Waals surface area contributed by atoms with Gasteiger partial charge in [-0.2, -0.15) is 0 Å². The molecule has 8 heteroatoms. The predicted molar refractivity (Wildman–Crippen MR) is 98.3 cm³/mol. The third-order valence-corrected chi connectivity index (χ3v) is 4.77. The summed E-state index contributed by atoms with van der Waals surface area (Å²) in [5.41, 5.74) is 1.16. The molecule has 0 saturated carbocycles. The van der Waals surface area contributed by atoms with Crippen LogP contribution in [0.25, 0.3) is 11.4 Å². The number of aliphatic hydroxyl groups is 1. The molecule has 0 bridgehead atoms. The molecule has 2 atom stereocenters. The predicted octanol–water partition coefficient (Wildman–Crippen LogP) is 2.80. The summed E-state index contributed by atoms with van der Waals surface area (Å²) in [4.78, 5) is 27.6. The van der Waals surface area contributed by atoms with Crippen LogP contribution in [-0.4, -0.2) is 43.9 Å². The smallest absolute Gasteiger partial charge is 0.356 e. The minimum Gasteiger partial charge on any atom is -0.476 e. The van der Waals surface area contributed by atoms with Crippen LogP contribution in [0.2, 0.25) is 0 Å². The number of cyclic esters (lactones) is 1. The van der Waals surface area contributed by atoms with Crippen LogP contribution in [0.5, 0.6) is 0 Å². The van der Waals surface area contributed by atoms with Gasteiger partial charge >= 0.3 is 11.9 Å². The highest BCUT2D eigenvalue weighted by atomic mass is 19.1. The van der Waals surface area contributed by atoms with Gasteiger partial charge in [-0.15, -0.1) is 0 Å². The van der Waals surface area contributed by atoms with E-state index in [0.29, 0.717) is 42.9 Å². The first kappa shape index (κ1) is 20.0. The highest BCUT2D eigenvalue weighted by Crippen LogP contribution is 2.26. The van der Waals surface area contributed by atoms with E-state index in [1.807, 2.05) is 6.92 Å². The number of aromatic carboxylic acids is 1. The normalized spacial score (nSPS) is 19.5. The van der Waals surface area contributed by atoms with Crippen LogP contribution in [0.1, 0.15) is 48.8 Å². The minimum absolute atomic E-state index is 0.00729. The first-order valence-electron chi connectivity index (χ1n) is 9.35. The number of halogens is 1. The third-order valence-electron chi connectivity index (χ3n) is 4.77. The standard InChI is InChI=1S/C20H23FN2O5/c1-2-3-16-18(20(26)27)22-19(12-4-6-13(21)7-5-12)23(16)9-8-15-10-14(24)11-17(25)28-15/h4-7,14-15,24H,2-3,8-11H2,1H3,(H,26,27)/t14-,15-/m1/s1. The maximum Gasteiger partial charge on any atom is 0.356 e. The van der Waals surface area contributed by atoms with Gasteiger partial charge in [-0.25, -0.2) is 14.2 Å².